The Hall–Kier alpha value is -2.83. The van der Waals surface area contributed by atoms with Gasteiger partial charge in [0.25, 0.3) is 11.8 Å². The zero-order valence-corrected chi connectivity index (χ0v) is 16.0. The Morgan fingerprint density at radius 2 is 1.88 bits per heavy atom. The summed E-state index contributed by atoms with van der Waals surface area (Å²) in [5, 5.41) is 9.73. The largest absolute Gasteiger partial charge is 0.496 e. The van der Waals surface area contributed by atoms with E-state index >= 15 is 0 Å². The minimum atomic E-state index is -0.304. The van der Waals surface area contributed by atoms with Crippen molar-refractivity contribution in [3.8, 4) is 5.75 Å². The number of carbonyl (C=O) groups excluding carboxylic acids is 2. The number of anilines is 1. The summed E-state index contributed by atoms with van der Waals surface area (Å²) in [5.74, 6) is 0.370. The molecular formula is C19H26N4O3. The molecule has 2 N–H and O–H groups in total. The van der Waals surface area contributed by atoms with Crippen LogP contribution in [0, 0.1) is 6.92 Å². The molecule has 0 saturated carbocycles. The molecule has 2 aromatic rings. The number of benzene rings is 1. The standard InChI is InChI=1S/C17H20N4O3.C2H6/c1-10-7-14(24-3)13(16(22)18-2)9-12(10)17(23)19-15-8-11-5-4-6-21(11)20-15;1-2/h7-9H,4-6H2,1-3H3,(H,18,22)(H,19,20,23);1-2H3. The van der Waals surface area contributed by atoms with Gasteiger partial charge in [-0.05, 0) is 37.5 Å². The molecule has 0 bridgehead atoms. The first kappa shape index (κ1) is 19.5. The number of hydrogen-bond acceptors (Lipinski definition) is 4. The minimum absolute atomic E-state index is 0.294. The molecule has 1 aliphatic rings. The molecule has 1 aliphatic heterocycles. The van der Waals surface area contributed by atoms with Crippen molar-refractivity contribution in [2.75, 3.05) is 19.5 Å². The van der Waals surface area contributed by atoms with Crippen molar-refractivity contribution in [3.05, 3.63) is 40.6 Å². The van der Waals surface area contributed by atoms with Gasteiger partial charge in [0.1, 0.15) is 5.75 Å². The lowest BCUT2D eigenvalue weighted by Gasteiger charge is -2.12. The van der Waals surface area contributed by atoms with Gasteiger partial charge in [0.2, 0.25) is 0 Å². The van der Waals surface area contributed by atoms with E-state index in [2.05, 4.69) is 15.7 Å². The Bertz CT molecular complexity index is 790. The maximum absolute atomic E-state index is 12.6. The molecule has 140 valence electrons. The normalized spacial score (nSPS) is 11.9. The summed E-state index contributed by atoms with van der Waals surface area (Å²) in [7, 11) is 3.03. The summed E-state index contributed by atoms with van der Waals surface area (Å²) in [5.41, 5.74) is 2.59. The van der Waals surface area contributed by atoms with Crippen LogP contribution in [-0.4, -0.2) is 35.8 Å². The number of rotatable bonds is 4. The molecule has 2 amide bonds. The van der Waals surface area contributed by atoms with E-state index in [1.54, 1.807) is 19.1 Å². The molecule has 0 atom stereocenters. The predicted octanol–water partition coefficient (Wildman–Crippen LogP) is 2.78. The van der Waals surface area contributed by atoms with Crippen molar-refractivity contribution in [3.63, 3.8) is 0 Å². The van der Waals surface area contributed by atoms with E-state index in [-0.39, 0.29) is 11.8 Å². The van der Waals surface area contributed by atoms with E-state index in [9.17, 15) is 9.59 Å². The summed E-state index contributed by atoms with van der Waals surface area (Å²) in [4.78, 5) is 24.6. The van der Waals surface area contributed by atoms with Crippen molar-refractivity contribution < 1.29 is 14.3 Å². The van der Waals surface area contributed by atoms with Crippen LogP contribution in [0.25, 0.3) is 0 Å². The zero-order chi connectivity index (χ0) is 19.3. The molecule has 2 heterocycles. The lowest BCUT2D eigenvalue weighted by atomic mass is 10.0. The summed E-state index contributed by atoms with van der Waals surface area (Å²) in [6.07, 6.45) is 2.06. The third kappa shape index (κ3) is 3.87. The zero-order valence-electron chi connectivity index (χ0n) is 16.0. The predicted molar refractivity (Wildman–Crippen MR) is 101 cm³/mol. The molecule has 0 unspecified atom stereocenters. The Morgan fingerprint density at radius 3 is 2.50 bits per heavy atom. The van der Waals surface area contributed by atoms with E-state index in [0.717, 1.165) is 30.6 Å². The number of aryl methyl sites for hydroxylation is 3. The Morgan fingerprint density at radius 1 is 1.15 bits per heavy atom. The first-order valence-electron chi connectivity index (χ1n) is 8.82. The summed E-state index contributed by atoms with van der Waals surface area (Å²) < 4.78 is 7.14. The average Bonchev–Trinajstić information content (AvgIpc) is 3.23. The fourth-order valence-corrected chi connectivity index (χ4v) is 2.91. The fraction of sp³-hybridized carbons (Fsp3) is 0.421. The van der Waals surface area contributed by atoms with E-state index in [1.807, 2.05) is 24.6 Å². The summed E-state index contributed by atoms with van der Waals surface area (Å²) >= 11 is 0. The highest BCUT2D eigenvalue weighted by molar-refractivity contribution is 6.07. The van der Waals surface area contributed by atoms with Crippen LogP contribution in [0.15, 0.2) is 18.2 Å². The van der Waals surface area contributed by atoms with Gasteiger partial charge < -0.3 is 15.4 Å². The molecular weight excluding hydrogens is 332 g/mol. The van der Waals surface area contributed by atoms with E-state index in [1.165, 1.54) is 14.2 Å². The smallest absolute Gasteiger partial charge is 0.257 e. The topological polar surface area (TPSA) is 85.3 Å². The van der Waals surface area contributed by atoms with Gasteiger partial charge >= 0.3 is 0 Å². The summed E-state index contributed by atoms with van der Waals surface area (Å²) in [6.45, 7) is 6.69. The molecule has 1 aromatic heterocycles. The van der Waals surface area contributed by atoms with Crippen molar-refractivity contribution in [2.45, 2.75) is 40.2 Å². The number of ether oxygens (including phenoxy) is 1. The van der Waals surface area contributed by atoms with Gasteiger partial charge in [-0.1, -0.05) is 13.8 Å². The van der Waals surface area contributed by atoms with E-state index < -0.39 is 0 Å². The maximum Gasteiger partial charge on any atom is 0.257 e. The highest BCUT2D eigenvalue weighted by Crippen LogP contribution is 2.25. The first-order chi connectivity index (χ1) is 12.5. The van der Waals surface area contributed by atoms with E-state index in [4.69, 9.17) is 4.74 Å². The quantitative estimate of drug-likeness (QED) is 0.880. The Kier molecular flexibility index (Phi) is 6.38. The molecule has 0 aliphatic carbocycles. The van der Waals surface area contributed by atoms with Crippen LogP contribution < -0.4 is 15.4 Å². The number of aromatic nitrogens is 2. The van der Waals surface area contributed by atoms with Crippen molar-refractivity contribution in [2.24, 2.45) is 0 Å². The number of fused-ring (bicyclic) bond motifs is 1. The van der Waals surface area contributed by atoms with Crippen molar-refractivity contribution in [1.29, 1.82) is 0 Å². The van der Waals surface area contributed by atoms with Crippen LogP contribution in [0.3, 0.4) is 0 Å². The van der Waals surface area contributed by atoms with Gasteiger partial charge in [-0.3, -0.25) is 14.3 Å². The average molecular weight is 358 g/mol. The second-order valence-corrected chi connectivity index (χ2v) is 5.75. The second kappa shape index (κ2) is 8.51. The van der Waals surface area contributed by atoms with Crippen LogP contribution in [0.5, 0.6) is 5.75 Å². The van der Waals surface area contributed by atoms with Crippen LogP contribution in [0.2, 0.25) is 0 Å². The third-order valence-electron chi connectivity index (χ3n) is 4.17. The van der Waals surface area contributed by atoms with Gasteiger partial charge in [0.15, 0.2) is 5.82 Å². The monoisotopic (exact) mass is 358 g/mol. The SMILES string of the molecule is CC.CNC(=O)c1cc(C(=O)Nc2cc3n(n2)CCC3)c(C)cc1OC. The number of carbonyl (C=O) groups is 2. The van der Waals surface area contributed by atoms with Crippen LogP contribution in [0.1, 0.15) is 52.2 Å². The maximum atomic E-state index is 12.6. The lowest BCUT2D eigenvalue weighted by Crippen LogP contribution is -2.21. The molecule has 0 radical (unpaired) electrons. The van der Waals surface area contributed by atoms with Gasteiger partial charge in [0.05, 0.1) is 12.7 Å². The molecule has 0 spiro atoms. The molecule has 1 aromatic carbocycles. The van der Waals surface area contributed by atoms with Crippen LogP contribution in [0.4, 0.5) is 5.82 Å². The molecule has 0 saturated heterocycles. The third-order valence-corrected chi connectivity index (χ3v) is 4.17. The molecule has 7 nitrogen and oxygen atoms in total. The first-order valence-corrected chi connectivity index (χ1v) is 8.82. The summed E-state index contributed by atoms with van der Waals surface area (Å²) in [6, 6.07) is 5.13. The van der Waals surface area contributed by atoms with Gasteiger partial charge in [-0.2, -0.15) is 5.10 Å². The fourth-order valence-electron chi connectivity index (χ4n) is 2.91. The van der Waals surface area contributed by atoms with Crippen LogP contribution in [-0.2, 0) is 13.0 Å². The molecule has 0 fully saturated rings. The number of hydrogen-bond donors (Lipinski definition) is 2. The number of nitrogens with zero attached hydrogens (tertiary/aromatic N) is 2. The lowest BCUT2D eigenvalue weighted by molar-refractivity contribution is 0.0960. The van der Waals surface area contributed by atoms with Crippen LogP contribution >= 0.6 is 0 Å². The number of methoxy groups -OCH3 is 1. The molecule has 7 heteroatoms. The number of nitrogens with one attached hydrogen (secondary N) is 2. The van der Waals surface area contributed by atoms with Crippen molar-refractivity contribution >= 4 is 17.6 Å². The van der Waals surface area contributed by atoms with Gasteiger partial charge in [-0.15, -0.1) is 0 Å². The van der Waals surface area contributed by atoms with Gasteiger partial charge in [-0.25, -0.2) is 0 Å². The molecule has 3 rings (SSSR count). The van der Waals surface area contributed by atoms with E-state index in [0.29, 0.717) is 22.7 Å². The highest BCUT2D eigenvalue weighted by atomic mass is 16.5. The molecule has 26 heavy (non-hydrogen) atoms. The Balaban J connectivity index is 0.00000117. The second-order valence-electron chi connectivity index (χ2n) is 5.75. The minimum Gasteiger partial charge on any atom is -0.496 e. The Labute approximate surface area is 153 Å². The van der Waals surface area contributed by atoms with Gasteiger partial charge in [0, 0.05) is 30.9 Å². The highest BCUT2D eigenvalue weighted by Gasteiger charge is 2.20. The number of amides is 2. The van der Waals surface area contributed by atoms with Crippen molar-refractivity contribution in [1.82, 2.24) is 15.1 Å².